The van der Waals surface area contributed by atoms with Crippen LogP contribution in [0.4, 0.5) is 5.88 Å². The number of nitriles is 1. The molecule has 0 N–H and O–H groups in total. The molecule has 29 heavy (non-hydrogen) atoms. The number of oxazole rings is 1. The van der Waals surface area contributed by atoms with Crippen molar-refractivity contribution in [2.24, 2.45) is 0 Å². The van der Waals surface area contributed by atoms with Gasteiger partial charge in [0.15, 0.2) is 12.0 Å². The van der Waals surface area contributed by atoms with Crippen LogP contribution < -0.4 is 9.63 Å². The van der Waals surface area contributed by atoms with Crippen LogP contribution in [0.5, 0.6) is 0 Å². The zero-order valence-electron chi connectivity index (χ0n) is 15.4. The summed E-state index contributed by atoms with van der Waals surface area (Å²) in [6.45, 7) is 2.02. The van der Waals surface area contributed by atoms with Gasteiger partial charge in [-0.1, -0.05) is 0 Å². The van der Waals surface area contributed by atoms with E-state index in [0.717, 1.165) is 4.73 Å². The molecule has 1 aliphatic rings. The number of furan rings is 1. The third-order valence-corrected chi connectivity index (χ3v) is 5.50. The molecule has 0 unspecified atom stereocenters. The molecule has 0 saturated carbocycles. The third kappa shape index (κ3) is 4.05. The largest absolute Gasteiger partial charge is 0.618 e. The molecule has 1 aliphatic heterocycles. The van der Waals surface area contributed by atoms with E-state index in [1.54, 1.807) is 35.2 Å². The first-order valence-electron chi connectivity index (χ1n) is 8.94. The Morgan fingerprint density at radius 2 is 2.10 bits per heavy atom. The van der Waals surface area contributed by atoms with Crippen molar-refractivity contribution in [3.8, 4) is 17.7 Å². The number of amides is 1. The van der Waals surface area contributed by atoms with Crippen LogP contribution in [-0.4, -0.2) is 47.7 Å². The van der Waals surface area contributed by atoms with Crippen molar-refractivity contribution >= 4 is 23.6 Å². The van der Waals surface area contributed by atoms with Gasteiger partial charge in [0.2, 0.25) is 17.5 Å². The summed E-state index contributed by atoms with van der Waals surface area (Å²) in [5, 5.41) is 21.5. The number of piperazine rings is 1. The normalized spacial score (nSPS) is 14.0. The Balaban J connectivity index is 1.36. The number of aromatic nitrogens is 2. The number of pyridine rings is 1. The van der Waals surface area contributed by atoms with Crippen molar-refractivity contribution in [2.45, 2.75) is 5.03 Å². The number of carbonyl (C=O) groups is 1. The van der Waals surface area contributed by atoms with E-state index >= 15 is 0 Å². The Morgan fingerprint density at radius 3 is 2.79 bits per heavy atom. The summed E-state index contributed by atoms with van der Waals surface area (Å²) in [5.74, 6) is 1.26. The van der Waals surface area contributed by atoms with E-state index in [2.05, 4.69) is 4.98 Å². The number of hydrogen-bond acceptors (Lipinski definition) is 8. The fourth-order valence-corrected chi connectivity index (χ4v) is 3.83. The highest BCUT2D eigenvalue weighted by molar-refractivity contribution is 7.99. The first-order valence-corrected chi connectivity index (χ1v) is 9.93. The maximum Gasteiger partial charge on any atom is 0.266 e. The predicted octanol–water partition coefficient (Wildman–Crippen LogP) is 1.88. The summed E-state index contributed by atoms with van der Waals surface area (Å²) in [5.41, 5.74) is 0.191. The summed E-state index contributed by atoms with van der Waals surface area (Å²) in [7, 11) is 0. The van der Waals surface area contributed by atoms with Gasteiger partial charge in [0.05, 0.1) is 12.0 Å². The molecule has 0 spiro atoms. The first-order chi connectivity index (χ1) is 14.2. The van der Waals surface area contributed by atoms with E-state index in [4.69, 9.17) is 8.83 Å². The molecular weight excluding hydrogens is 394 g/mol. The topological polar surface area (TPSA) is 113 Å². The lowest BCUT2D eigenvalue weighted by molar-refractivity contribution is -0.645. The third-order valence-electron chi connectivity index (χ3n) is 4.50. The molecule has 148 valence electrons. The molecule has 10 heteroatoms. The predicted molar refractivity (Wildman–Crippen MR) is 104 cm³/mol. The lowest BCUT2D eigenvalue weighted by Crippen LogP contribution is -2.49. The number of rotatable bonds is 5. The molecular formula is C19H17N5O4S. The number of anilines is 1. The van der Waals surface area contributed by atoms with Crippen LogP contribution >= 0.6 is 11.8 Å². The van der Waals surface area contributed by atoms with Crippen LogP contribution in [0.1, 0.15) is 5.69 Å². The molecule has 3 aromatic heterocycles. The summed E-state index contributed by atoms with van der Waals surface area (Å²) >= 11 is 1.22. The highest BCUT2D eigenvalue weighted by atomic mass is 32.2. The van der Waals surface area contributed by atoms with Crippen molar-refractivity contribution in [3.05, 3.63) is 53.7 Å². The van der Waals surface area contributed by atoms with Crippen LogP contribution in [0.25, 0.3) is 11.7 Å². The van der Waals surface area contributed by atoms with Gasteiger partial charge in [-0.05, 0) is 30.0 Å². The van der Waals surface area contributed by atoms with E-state index < -0.39 is 0 Å². The number of carbonyl (C=O) groups excluding carboxylic acids is 1. The monoisotopic (exact) mass is 411 g/mol. The average molecular weight is 411 g/mol. The zero-order valence-corrected chi connectivity index (χ0v) is 16.2. The van der Waals surface area contributed by atoms with Crippen LogP contribution in [0.15, 0.2) is 56.7 Å². The van der Waals surface area contributed by atoms with Crippen molar-refractivity contribution in [3.63, 3.8) is 0 Å². The Kier molecular flexibility index (Phi) is 5.39. The Bertz CT molecular complexity index is 1040. The smallest absolute Gasteiger partial charge is 0.266 e. The van der Waals surface area contributed by atoms with Crippen LogP contribution in [-0.2, 0) is 4.79 Å². The highest BCUT2D eigenvalue weighted by Crippen LogP contribution is 2.29. The van der Waals surface area contributed by atoms with E-state index in [9.17, 15) is 15.3 Å². The summed E-state index contributed by atoms with van der Waals surface area (Å²) in [6.07, 6.45) is 2.92. The maximum absolute atomic E-state index is 12.5. The Hall–Kier alpha value is -3.45. The average Bonchev–Trinajstić information content (AvgIpc) is 3.42. The molecule has 0 bridgehead atoms. The second-order valence-electron chi connectivity index (χ2n) is 6.28. The second kappa shape index (κ2) is 8.28. The fraction of sp³-hybridized carbons (Fsp3) is 0.263. The molecule has 4 heterocycles. The van der Waals surface area contributed by atoms with Crippen molar-refractivity contribution in [2.75, 3.05) is 36.8 Å². The van der Waals surface area contributed by atoms with Crippen LogP contribution in [0.3, 0.4) is 0 Å². The van der Waals surface area contributed by atoms with Gasteiger partial charge in [0.25, 0.3) is 10.9 Å². The second-order valence-corrected chi connectivity index (χ2v) is 7.28. The lowest BCUT2D eigenvalue weighted by atomic mass is 10.3. The van der Waals surface area contributed by atoms with Gasteiger partial charge < -0.3 is 23.8 Å². The molecule has 0 aliphatic carbocycles. The zero-order chi connectivity index (χ0) is 20.2. The van der Waals surface area contributed by atoms with Crippen LogP contribution in [0.2, 0.25) is 0 Å². The van der Waals surface area contributed by atoms with Crippen molar-refractivity contribution in [1.29, 1.82) is 5.26 Å². The van der Waals surface area contributed by atoms with Gasteiger partial charge in [0, 0.05) is 38.3 Å². The van der Waals surface area contributed by atoms with E-state index in [0.29, 0.717) is 42.8 Å². The van der Waals surface area contributed by atoms with Crippen molar-refractivity contribution in [1.82, 2.24) is 9.88 Å². The van der Waals surface area contributed by atoms with Gasteiger partial charge in [-0.2, -0.15) is 15.0 Å². The van der Waals surface area contributed by atoms with E-state index in [1.807, 2.05) is 11.0 Å². The van der Waals surface area contributed by atoms with Gasteiger partial charge in [0.1, 0.15) is 6.07 Å². The quantitative estimate of drug-likeness (QED) is 0.355. The summed E-state index contributed by atoms with van der Waals surface area (Å²) < 4.78 is 11.8. The molecule has 0 atom stereocenters. The summed E-state index contributed by atoms with van der Waals surface area (Å²) in [6, 6.07) is 10.6. The minimum Gasteiger partial charge on any atom is -0.618 e. The van der Waals surface area contributed by atoms with Gasteiger partial charge in [-0.15, -0.1) is 0 Å². The minimum absolute atomic E-state index is 0.0344. The van der Waals surface area contributed by atoms with Gasteiger partial charge >= 0.3 is 0 Å². The molecule has 0 aromatic carbocycles. The van der Waals surface area contributed by atoms with Crippen LogP contribution in [0, 0.1) is 16.5 Å². The number of hydrogen-bond donors (Lipinski definition) is 0. The number of thioether (sulfide) groups is 1. The number of nitrogens with zero attached hydrogens (tertiary/aromatic N) is 5. The first kappa shape index (κ1) is 18.9. The molecule has 1 saturated heterocycles. The van der Waals surface area contributed by atoms with E-state index in [1.165, 1.54) is 24.2 Å². The maximum atomic E-state index is 12.5. The molecule has 1 fully saturated rings. The molecule has 1 amide bonds. The minimum atomic E-state index is -0.0344. The Morgan fingerprint density at radius 1 is 1.28 bits per heavy atom. The molecule has 4 rings (SSSR count). The SMILES string of the molecule is N#Cc1nc(-c2ccco2)oc1N1CCN(C(=O)CSc2cccc[n+]2[O-])CC1. The van der Waals surface area contributed by atoms with Crippen molar-refractivity contribution < 1.29 is 18.4 Å². The van der Waals surface area contributed by atoms with Gasteiger partial charge in [-0.25, -0.2) is 0 Å². The highest BCUT2D eigenvalue weighted by Gasteiger charge is 2.27. The van der Waals surface area contributed by atoms with E-state index in [-0.39, 0.29) is 23.2 Å². The standard InChI is InChI=1S/C19H17N5O4S/c20-12-14-19(28-18(21-14)15-4-3-11-27-15)23-9-7-22(8-10-23)16(25)13-29-17-5-1-2-6-24(17)26/h1-6,11H,7-10,13H2. The fourth-order valence-electron chi connectivity index (χ4n) is 3.02. The molecule has 0 radical (unpaired) electrons. The molecule has 3 aromatic rings. The molecule has 9 nitrogen and oxygen atoms in total. The van der Waals surface area contributed by atoms with Gasteiger partial charge in [-0.3, -0.25) is 4.79 Å². The summed E-state index contributed by atoms with van der Waals surface area (Å²) in [4.78, 5) is 20.3. The lowest BCUT2D eigenvalue weighted by Gasteiger charge is -2.34. The Labute approximate surface area is 170 Å².